The van der Waals surface area contributed by atoms with Gasteiger partial charge in [-0.15, -0.1) is 11.3 Å². The molecule has 3 nitrogen and oxygen atoms in total. The predicted octanol–water partition coefficient (Wildman–Crippen LogP) is 12.2. The summed E-state index contributed by atoms with van der Waals surface area (Å²) in [5, 5.41) is 1.87. The first kappa shape index (κ1) is 18.3. The highest BCUT2D eigenvalue weighted by Crippen LogP contribution is 2.42. The summed E-state index contributed by atoms with van der Waals surface area (Å²) in [6.07, 6.45) is 0. The van der Waals surface area contributed by atoms with Gasteiger partial charge in [0.2, 0.25) is 0 Å². The van der Waals surface area contributed by atoms with Crippen LogP contribution < -0.4 is 0 Å². The minimum absolute atomic E-state index is 0.109. The number of nitrogens with zero attached hydrogens (tertiary/aromatic N) is 3. The molecule has 0 aliphatic heterocycles. The van der Waals surface area contributed by atoms with Crippen LogP contribution in [0.15, 0.2) is 176 Å². The van der Waals surface area contributed by atoms with Gasteiger partial charge in [0.25, 0.3) is 0 Å². The number of hydrogen-bond donors (Lipinski definition) is 0. The number of rotatable bonds is 6. The Labute approximate surface area is 307 Å². The highest BCUT2D eigenvalue weighted by molar-refractivity contribution is 7.26. The molecular weight excluding hydrogens is 615 g/mol. The molecule has 0 saturated heterocycles. The van der Waals surface area contributed by atoms with E-state index in [0.717, 1.165) is 31.3 Å². The average Bonchev–Trinajstić information content (AvgIpc) is 3.66. The molecule has 0 spiro atoms. The summed E-state index contributed by atoms with van der Waals surface area (Å²) >= 11 is 1.48. The lowest BCUT2D eigenvalue weighted by Crippen LogP contribution is -2.00. The number of aromatic nitrogens is 3. The third kappa shape index (κ3) is 5.58. The van der Waals surface area contributed by atoms with Gasteiger partial charge in [-0.2, -0.15) is 0 Å². The molecular formula is C45H29N3S. The maximum atomic E-state index is 9.88. The van der Waals surface area contributed by atoms with Crippen LogP contribution in [0.4, 0.5) is 0 Å². The molecule has 49 heavy (non-hydrogen) atoms. The van der Waals surface area contributed by atoms with Gasteiger partial charge in [0.15, 0.2) is 17.5 Å². The second kappa shape index (κ2) is 12.4. The van der Waals surface area contributed by atoms with Gasteiger partial charge in [-0.1, -0.05) is 151 Å². The molecule has 0 unspecified atom stereocenters. The second-order valence-corrected chi connectivity index (χ2v) is 12.1. The Hall–Kier alpha value is -6.23. The highest BCUT2D eigenvalue weighted by atomic mass is 32.1. The van der Waals surface area contributed by atoms with Crippen LogP contribution in [0.5, 0.6) is 0 Å². The summed E-state index contributed by atoms with van der Waals surface area (Å²) in [6, 6.07) is 22.6. The van der Waals surface area contributed by atoms with Crippen LogP contribution in [-0.2, 0) is 0 Å². The first-order valence-corrected chi connectivity index (χ1v) is 16.1. The van der Waals surface area contributed by atoms with E-state index in [4.69, 9.17) is 13.7 Å². The summed E-state index contributed by atoms with van der Waals surface area (Å²) in [6.45, 7) is 0. The Morgan fingerprint density at radius 3 is 1.57 bits per heavy atom. The van der Waals surface area contributed by atoms with Crippen molar-refractivity contribution in [1.82, 2.24) is 15.0 Å². The molecule has 0 atom stereocenters. The molecule has 0 radical (unpaired) electrons. The van der Waals surface area contributed by atoms with E-state index >= 15 is 0 Å². The summed E-state index contributed by atoms with van der Waals surface area (Å²) in [4.78, 5) is 13.6. The fourth-order valence-electron chi connectivity index (χ4n) is 5.70. The molecule has 0 saturated carbocycles. The second-order valence-electron chi connectivity index (χ2n) is 11.0. The van der Waals surface area contributed by atoms with Crippen molar-refractivity contribution in [2.75, 3.05) is 0 Å². The quantitative estimate of drug-likeness (QED) is 0.179. The Morgan fingerprint density at radius 2 is 0.898 bits per heavy atom. The van der Waals surface area contributed by atoms with E-state index in [9.17, 15) is 4.11 Å². The smallest absolute Gasteiger partial charge is 0.164 e. The van der Waals surface area contributed by atoms with E-state index in [1.54, 1.807) is 18.2 Å². The van der Waals surface area contributed by atoms with Gasteiger partial charge in [0.05, 0.1) is 17.8 Å². The number of hydrogen-bond acceptors (Lipinski definition) is 4. The van der Waals surface area contributed by atoms with Crippen molar-refractivity contribution in [3.63, 3.8) is 0 Å². The zero-order chi connectivity index (χ0) is 43.9. The standard InChI is InChI=1S/C45H29N3S/c1-4-13-30(14-5-1)31-23-25-32(26-24-31)35-27-36(38-20-12-21-40-39-19-10-11-22-41(39)49-42(38)40)29-37(28-35)45-47-43(33-15-6-2-7-16-33)46-44(48-45)34-17-8-3-9-18-34/h1-29H/i2D,3D,6D,7D,8D,9D,15D,16D,17D,18D,27D,28D,29D. The Morgan fingerprint density at radius 1 is 0.388 bits per heavy atom. The van der Waals surface area contributed by atoms with Crippen LogP contribution in [-0.4, -0.2) is 15.0 Å². The zero-order valence-corrected chi connectivity index (χ0v) is 26.3. The SMILES string of the molecule is [2H]c1c([2H])c([2H])c(-c2nc(-c3c([2H])c([2H])c([2H])c([2H])c3[2H])nc(-c3c([2H])c(-c4ccc(-c5ccccc5)cc4)c([2H])c(-c4cccc5c4sc4ccccc45)c3[2H])n2)c([2H])c1[2H]. The highest BCUT2D eigenvalue weighted by Gasteiger charge is 2.17. The molecule has 7 aromatic carbocycles. The zero-order valence-electron chi connectivity index (χ0n) is 38.5. The van der Waals surface area contributed by atoms with E-state index in [1.807, 2.05) is 78.9 Å². The van der Waals surface area contributed by atoms with Gasteiger partial charge in [-0.3, -0.25) is 0 Å². The van der Waals surface area contributed by atoms with Gasteiger partial charge in [0, 0.05) is 36.9 Å². The van der Waals surface area contributed by atoms with Crippen LogP contribution in [0.25, 0.3) is 87.7 Å². The first-order chi connectivity index (χ1) is 29.7. The lowest BCUT2D eigenvalue weighted by atomic mass is 9.94. The van der Waals surface area contributed by atoms with E-state index in [0.29, 0.717) is 11.1 Å². The van der Waals surface area contributed by atoms with Crippen LogP contribution in [0, 0.1) is 0 Å². The molecule has 0 amide bonds. The summed E-state index contributed by atoms with van der Waals surface area (Å²) in [5.74, 6) is -1.47. The summed E-state index contributed by atoms with van der Waals surface area (Å²) in [7, 11) is 0. The monoisotopic (exact) mass is 656 g/mol. The maximum absolute atomic E-state index is 9.88. The van der Waals surface area contributed by atoms with E-state index in [2.05, 4.69) is 15.0 Å². The van der Waals surface area contributed by atoms with E-state index in [1.165, 1.54) is 11.3 Å². The normalized spacial score (nSPS) is 15.0. The van der Waals surface area contributed by atoms with Crippen molar-refractivity contribution in [2.45, 2.75) is 0 Å². The number of thiophene rings is 1. The van der Waals surface area contributed by atoms with Crippen molar-refractivity contribution >= 4 is 31.5 Å². The van der Waals surface area contributed by atoms with Crippen LogP contribution >= 0.6 is 11.3 Å². The molecule has 4 heteroatoms. The lowest BCUT2D eigenvalue weighted by molar-refractivity contribution is 1.07. The third-order valence-electron chi connectivity index (χ3n) is 8.01. The minimum Gasteiger partial charge on any atom is -0.208 e. The van der Waals surface area contributed by atoms with Crippen molar-refractivity contribution in [3.8, 4) is 67.5 Å². The molecule has 230 valence electrons. The summed E-state index contributed by atoms with van der Waals surface area (Å²) in [5.41, 5.74) is 1.85. The largest absolute Gasteiger partial charge is 0.208 e. The molecule has 9 rings (SSSR count). The molecule has 0 aliphatic carbocycles. The molecule has 2 heterocycles. The van der Waals surface area contributed by atoms with Crippen molar-refractivity contribution < 1.29 is 17.8 Å². The topological polar surface area (TPSA) is 38.7 Å². The number of benzene rings is 7. The Balaban J connectivity index is 1.41. The van der Waals surface area contributed by atoms with Crippen LogP contribution in [0.3, 0.4) is 0 Å². The van der Waals surface area contributed by atoms with Crippen molar-refractivity contribution in [1.29, 1.82) is 0 Å². The number of fused-ring (bicyclic) bond motifs is 3. The van der Waals surface area contributed by atoms with Gasteiger partial charge in [0.1, 0.15) is 0 Å². The molecule has 2 aromatic heterocycles. The Bertz CT molecular complexity index is 3190. The molecule has 0 fully saturated rings. The lowest BCUT2D eigenvalue weighted by Gasteiger charge is -2.13. The fraction of sp³-hybridized carbons (Fsp3) is 0. The third-order valence-corrected chi connectivity index (χ3v) is 9.23. The van der Waals surface area contributed by atoms with Crippen molar-refractivity contribution in [3.05, 3.63) is 176 Å². The van der Waals surface area contributed by atoms with Crippen molar-refractivity contribution in [2.24, 2.45) is 0 Å². The maximum Gasteiger partial charge on any atom is 0.164 e. The molecule has 9 aromatic rings. The minimum atomic E-state index is -0.701. The van der Waals surface area contributed by atoms with Crippen LogP contribution in [0.1, 0.15) is 17.8 Å². The first-order valence-electron chi connectivity index (χ1n) is 21.8. The average molecular weight is 657 g/mol. The van der Waals surface area contributed by atoms with E-state index in [-0.39, 0.29) is 34.8 Å². The van der Waals surface area contributed by atoms with E-state index < -0.39 is 89.0 Å². The van der Waals surface area contributed by atoms with Gasteiger partial charge >= 0.3 is 0 Å². The predicted molar refractivity (Wildman–Crippen MR) is 205 cm³/mol. The molecule has 0 bridgehead atoms. The van der Waals surface area contributed by atoms with Gasteiger partial charge < -0.3 is 0 Å². The fourth-order valence-corrected chi connectivity index (χ4v) is 6.92. The molecule has 0 aliphatic rings. The van der Waals surface area contributed by atoms with Crippen LogP contribution in [0.2, 0.25) is 0 Å². The van der Waals surface area contributed by atoms with Gasteiger partial charge in [-0.05, 0) is 57.6 Å². The summed E-state index contributed by atoms with van der Waals surface area (Å²) < 4.78 is 116. The molecule has 0 N–H and O–H groups in total. The van der Waals surface area contributed by atoms with Gasteiger partial charge in [-0.25, -0.2) is 15.0 Å². The Kier molecular flexibility index (Phi) is 4.65.